The van der Waals surface area contributed by atoms with Crippen LogP contribution in [0.5, 0.6) is 0 Å². The molecule has 20 heavy (non-hydrogen) atoms. The normalized spacial score (nSPS) is 10.8. The molecule has 1 aromatic heterocycles. The summed E-state index contributed by atoms with van der Waals surface area (Å²) in [6, 6.07) is 6.40. The van der Waals surface area contributed by atoms with E-state index >= 15 is 0 Å². The van der Waals surface area contributed by atoms with Gasteiger partial charge in [0, 0.05) is 19.8 Å². The minimum absolute atomic E-state index is 0.00293. The van der Waals surface area contributed by atoms with E-state index in [0.29, 0.717) is 6.61 Å². The Hall–Kier alpha value is -1.43. The molecule has 4 nitrogen and oxygen atoms in total. The van der Waals surface area contributed by atoms with Gasteiger partial charge in [0.15, 0.2) is 5.13 Å². The van der Waals surface area contributed by atoms with E-state index in [9.17, 15) is 5.11 Å². The standard InChI is InChI=1S/C15H20N2O2S/c1-10-5-11(2)7-12(6-10)17(3)15-16-13(9-19-4)14(8-18)20-15/h5-7,18H,8-9H2,1-4H3. The summed E-state index contributed by atoms with van der Waals surface area (Å²) in [5, 5.41) is 10.3. The third-order valence-corrected chi connectivity index (χ3v) is 4.23. The zero-order chi connectivity index (χ0) is 14.7. The monoisotopic (exact) mass is 292 g/mol. The fourth-order valence-electron chi connectivity index (χ4n) is 2.14. The molecule has 0 radical (unpaired) electrons. The van der Waals surface area contributed by atoms with Gasteiger partial charge in [-0.05, 0) is 37.1 Å². The van der Waals surface area contributed by atoms with Crippen LogP contribution in [0.3, 0.4) is 0 Å². The minimum atomic E-state index is -0.00293. The lowest BCUT2D eigenvalue weighted by Gasteiger charge is -2.17. The molecule has 0 aliphatic heterocycles. The number of thiazole rings is 1. The molecule has 5 heteroatoms. The van der Waals surface area contributed by atoms with Crippen molar-refractivity contribution in [2.75, 3.05) is 19.1 Å². The van der Waals surface area contributed by atoms with Gasteiger partial charge in [0.2, 0.25) is 0 Å². The van der Waals surface area contributed by atoms with Crippen molar-refractivity contribution in [3.8, 4) is 0 Å². The van der Waals surface area contributed by atoms with Gasteiger partial charge < -0.3 is 14.7 Å². The Bertz CT molecular complexity index is 575. The zero-order valence-electron chi connectivity index (χ0n) is 12.3. The van der Waals surface area contributed by atoms with Gasteiger partial charge in [0.1, 0.15) is 0 Å². The smallest absolute Gasteiger partial charge is 0.190 e. The van der Waals surface area contributed by atoms with Crippen LogP contribution in [-0.2, 0) is 18.0 Å². The number of hydrogen-bond donors (Lipinski definition) is 1. The Morgan fingerprint density at radius 1 is 1.25 bits per heavy atom. The number of aryl methyl sites for hydroxylation is 2. The van der Waals surface area contributed by atoms with Crippen LogP contribution in [0, 0.1) is 13.8 Å². The fraction of sp³-hybridized carbons (Fsp3) is 0.400. The van der Waals surface area contributed by atoms with E-state index in [4.69, 9.17) is 4.74 Å². The number of aromatic nitrogens is 1. The van der Waals surface area contributed by atoms with Crippen LogP contribution < -0.4 is 4.90 Å². The third-order valence-electron chi connectivity index (χ3n) is 3.07. The van der Waals surface area contributed by atoms with Gasteiger partial charge >= 0.3 is 0 Å². The summed E-state index contributed by atoms with van der Waals surface area (Å²) in [6.45, 7) is 4.59. The zero-order valence-corrected chi connectivity index (χ0v) is 13.1. The summed E-state index contributed by atoms with van der Waals surface area (Å²) < 4.78 is 5.12. The number of hydrogen-bond acceptors (Lipinski definition) is 5. The number of aliphatic hydroxyl groups is 1. The molecule has 1 N–H and O–H groups in total. The topological polar surface area (TPSA) is 45.6 Å². The van der Waals surface area contributed by atoms with Crippen LogP contribution in [0.1, 0.15) is 21.7 Å². The van der Waals surface area contributed by atoms with Crippen molar-refractivity contribution in [1.29, 1.82) is 0 Å². The van der Waals surface area contributed by atoms with Gasteiger partial charge in [-0.3, -0.25) is 0 Å². The first kappa shape index (κ1) is 15.0. The Labute approximate surface area is 123 Å². The lowest BCUT2D eigenvalue weighted by molar-refractivity contribution is 0.179. The Balaban J connectivity index is 2.34. The van der Waals surface area contributed by atoms with Crippen LogP contribution in [0.25, 0.3) is 0 Å². The summed E-state index contributed by atoms with van der Waals surface area (Å²) >= 11 is 1.50. The molecular weight excluding hydrogens is 272 g/mol. The highest BCUT2D eigenvalue weighted by molar-refractivity contribution is 7.15. The molecule has 1 heterocycles. The van der Waals surface area contributed by atoms with Crippen molar-refractivity contribution in [1.82, 2.24) is 4.98 Å². The Kier molecular flexibility index (Phi) is 4.75. The van der Waals surface area contributed by atoms with Crippen molar-refractivity contribution in [2.24, 2.45) is 0 Å². The van der Waals surface area contributed by atoms with E-state index in [1.54, 1.807) is 7.11 Å². The molecule has 0 bridgehead atoms. The Morgan fingerprint density at radius 2 is 1.90 bits per heavy atom. The Morgan fingerprint density at radius 3 is 2.45 bits per heavy atom. The van der Waals surface area contributed by atoms with Gasteiger partial charge in [-0.15, -0.1) is 0 Å². The lowest BCUT2D eigenvalue weighted by Crippen LogP contribution is -2.09. The summed E-state index contributed by atoms with van der Waals surface area (Å²) in [5.41, 5.74) is 4.36. The van der Waals surface area contributed by atoms with Gasteiger partial charge in [-0.1, -0.05) is 17.4 Å². The molecule has 0 saturated heterocycles. The number of anilines is 2. The van der Waals surface area contributed by atoms with Crippen molar-refractivity contribution in [3.05, 3.63) is 39.9 Å². The first-order valence-electron chi connectivity index (χ1n) is 6.45. The first-order chi connectivity index (χ1) is 9.55. The molecule has 0 saturated carbocycles. The number of methoxy groups -OCH3 is 1. The highest BCUT2D eigenvalue weighted by atomic mass is 32.1. The summed E-state index contributed by atoms with van der Waals surface area (Å²) in [6.07, 6.45) is 0. The van der Waals surface area contributed by atoms with Crippen molar-refractivity contribution < 1.29 is 9.84 Å². The predicted molar refractivity (Wildman–Crippen MR) is 82.7 cm³/mol. The third kappa shape index (κ3) is 3.17. The second-order valence-corrected chi connectivity index (χ2v) is 5.92. The highest BCUT2D eigenvalue weighted by Gasteiger charge is 2.14. The number of benzene rings is 1. The van der Waals surface area contributed by atoms with Crippen LogP contribution in [0.4, 0.5) is 10.8 Å². The SMILES string of the molecule is COCc1nc(N(C)c2cc(C)cc(C)c2)sc1CO. The largest absolute Gasteiger partial charge is 0.391 e. The number of aliphatic hydroxyl groups excluding tert-OH is 1. The fourth-order valence-corrected chi connectivity index (χ4v) is 3.05. The molecule has 0 atom stereocenters. The van der Waals surface area contributed by atoms with Crippen molar-refractivity contribution in [2.45, 2.75) is 27.1 Å². The molecule has 0 amide bonds. The maximum Gasteiger partial charge on any atom is 0.190 e. The van der Waals surface area contributed by atoms with Crippen molar-refractivity contribution >= 4 is 22.2 Å². The molecule has 0 aliphatic rings. The predicted octanol–water partition coefficient (Wildman–Crippen LogP) is 3.17. The second kappa shape index (κ2) is 6.35. The van der Waals surface area contributed by atoms with Gasteiger partial charge in [0.05, 0.1) is 23.8 Å². The molecule has 2 rings (SSSR count). The van der Waals surface area contributed by atoms with E-state index in [0.717, 1.165) is 21.4 Å². The van der Waals surface area contributed by atoms with Crippen molar-refractivity contribution in [3.63, 3.8) is 0 Å². The van der Waals surface area contributed by atoms with Crippen LogP contribution in [0.2, 0.25) is 0 Å². The van der Waals surface area contributed by atoms with Crippen LogP contribution >= 0.6 is 11.3 Å². The summed E-state index contributed by atoms with van der Waals surface area (Å²) in [4.78, 5) is 7.47. The minimum Gasteiger partial charge on any atom is -0.391 e. The van der Waals surface area contributed by atoms with E-state index in [1.165, 1.54) is 22.5 Å². The highest BCUT2D eigenvalue weighted by Crippen LogP contribution is 2.31. The summed E-state index contributed by atoms with van der Waals surface area (Å²) in [5.74, 6) is 0. The number of rotatable bonds is 5. The molecule has 0 unspecified atom stereocenters. The first-order valence-corrected chi connectivity index (χ1v) is 7.27. The molecule has 0 aliphatic carbocycles. The van der Waals surface area contributed by atoms with E-state index in [-0.39, 0.29) is 6.61 Å². The van der Waals surface area contributed by atoms with E-state index in [2.05, 4.69) is 37.0 Å². The maximum absolute atomic E-state index is 9.40. The molecule has 2 aromatic rings. The number of ether oxygens (including phenoxy) is 1. The average molecular weight is 292 g/mol. The van der Waals surface area contributed by atoms with Crippen LogP contribution in [0.15, 0.2) is 18.2 Å². The van der Waals surface area contributed by atoms with Crippen LogP contribution in [-0.4, -0.2) is 24.2 Å². The molecular formula is C15H20N2O2S. The van der Waals surface area contributed by atoms with E-state index in [1.807, 2.05) is 11.9 Å². The quantitative estimate of drug-likeness (QED) is 0.919. The molecule has 1 aromatic carbocycles. The second-order valence-electron chi connectivity index (χ2n) is 4.86. The van der Waals surface area contributed by atoms with E-state index < -0.39 is 0 Å². The number of nitrogens with zero attached hydrogens (tertiary/aromatic N) is 2. The van der Waals surface area contributed by atoms with Gasteiger partial charge in [-0.2, -0.15) is 0 Å². The van der Waals surface area contributed by atoms with Gasteiger partial charge in [-0.25, -0.2) is 4.98 Å². The average Bonchev–Trinajstić information content (AvgIpc) is 2.80. The molecule has 0 fully saturated rings. The molecule has 108 valence electrons. The summed E-state index contributed by atoms with van der Waals surface area (Å²) in [7, 11) is 3.62. The maximum atomic E-state index is 9.40. The van der Waals surface area contributed by atoms with Gasteiger partial charge in [0.25, 0.3) is 0 Å². The lowest BCUT2D eigenvalue weighted by atomic mass is 10.1. The molecule has 0 spiro atoms.